The number of halogens is 1. The van der Waals surface area contributed by atoms with E-state index >= 15 is 0 Å². The molecule has 0 N–H and O–H groups in total. The quantitative estimate of drug-likeness (QED) is 0.420. The van der Waals surface area contributed by atoms with Crippen molar-refractivity contribution < 1.29 is 9.59 Å². The Balaban J connectivity index is 1.57. The molecule has 3 nitrogen and oxygen atoms in total. The molecule has 2 amide bonds. The average molecular weight is 391 g/mol. The molecular formula is C17H14INO2. The minimum Gasteiger partial charge on any atom is -0.274 e. The van der Waals surface area contributed by atoms with E-state index < -0.39 is 0 Å². The topological polar surface area (TPSA) is 37.4 Å². The van der Waals surface area contributed by atoms with E-state index in [1.807, 2.05) is 24.3 Å². The molecule has 0 unspecified atom stereocenters. The Morgan fingerprint density at radius 3 is 1.95 bits per heavy atom. The SMILES string of the molecule is O=C1[C@@H]2[C@@H](C(=O)N1c1ccc(I)cc1)[C@H]1C=C[C@H]2C12CC2. The molecule has 2 saturated carbocycles. The van der Waals surface area contributed by atoms with Crippen molar-refractivity contribution in [1.82, 2.24) is 0 Å². The Kier molecular flexibility index (Phi) is 2.22. The standard InChI is InChI=1S/C17H14INO2/c18-9-1-3-10(4-2-9)19-15(20)13-11-5-6-12(14(13)16(19)21)17(11)7-8-17/h1-6,11-14H,7-8H2/t11-,12-,13+,14+/m1/s1. The lowest BCUT2D eigenvalue weighted by molar-refractivity contribution is -0.123. The molecule has 21 heavy (non-hydrogen) atoms. The predicted molar refractivity (Wildman–Crippen MR) is 86.4 cm³/mol. The van der Waals surface area contributed by atoms with E-state index in [1.54, 1.807) is 0 Å². The summed E-state index contributed by atoms with van der Waals surface area (Å²) in [5.41, 5.74) is 1.00. The van der Waals surface area contributed by atoms with Gasteiger partial charge in [-0.3, -0.25) is 14.5 Å². The number of nitrogens with zero attached hydrogens (tertiary/aromatic N) is 1. The summed E-state index contributed by atoms with van der Waals surface area (Å²) in [5.74, 6) is 0.447. The lowest BCUT2D eigenvalue weighted by atomic mass is 9.85. The fraction of sp³-hybridized carbons (Fsp3) is 0.412. The number of fused-ring (bicyclic) bond motifs is 3. The molecule has 1 heterocycles. The van der Waals surface area contributed by atoms with Crippen LogP contribution in [-0.2, 0) is 9.59 Å². The molecule has 0 aromatic heterocycles. The number of imide groups is 1. The van der Waals surface area contributed by atoms with Crippen molar-refractivity contribution in [3.8, 4) is 0 Å². The molecule has 3 aliphatic carbocycles. The van der Waals surface area contributed by atoms with Crippen LogP contribution in [0.2, 0.25) is 0 Å². The van der Waals surface area contributed by atoms with Crippen molar-refractivity contribution in [1.29, 1.82) is 0 Å². The Morgan fingerprint density at radius 1 is 0.952 bits per heavy atom. The fourth-order valence-corrected chi connectivity index (χ4v) is 5.28. The Labute approximate surface area is 136 Å². The zero-order chi connectivity index (χ0) is 14.4. The van der Waals surface area contributed by atoms with Crippen LogP contribution in [0.15, 0.2) is 36.4 Å². The van der Waals surface area contributed by atoms with E-state index in [0.29, 0.717) is 11.8 Å². The summed E-state index contributed by atoms with van der Waals surface area (Å²) in [5, 5.41) is 0. The molecule has 4 heteroatoms. The highest BCUT2D eigenvalue weighted by molar-refractivity contribution is 14.1. The maximum atomic E-state index is 12.9. The van der Waals surface area contributed by atoms with Crippen LogP contribution in [0.25, 0.3) is 0 Å². The van der Waals surface area contributed by atoms with E-state index in [4.69, 9.17) is 0 Å². The van der Waals surface area contributed by atoms with Gasteiger partial charge in [0.1, 0.15) is 0 Å². The Hall–Kier alpha value is -1.17. The number of carbonyl (C=O) groups is 2. The van der Waals surface area contributed by atoms with Crippen LogP contribution >= 0.6 is 22.6 Å². The summed E-state index contributed by atoms with van der Waals surface area (Å²) in [6.07, 6.45) is 6.79. The number of allylic oxidation sites excluding steroid dienone is 2. The van der Waals surface area contributed by atoms with Crippen LogP contribution < -0.4 is 4.90 Å². The molecule has 2 bridgehead atoms. The van der Waals surface area contributed by atoms with Gasteiger partial charge < -0.3 is 0 Å². The van der Waals surface area contributed by atoms with Gasteiger partial charge in [-0.15, -0.1) is 0 Å². The molecule has 1 aromatic carbocycles. The third-order valence-corrected chi connectivity index (χ3v) is 6.66. The second-order valence-corrected chi connectivity index (χ2v) is 7.96. The third kappa shape index (κ3) is 1.35. The monoisotopic (exact) mass is 391 g/mol. The lowest BCUT2D eigenvalue weighted by Gasteiger charge is -2.21. The van der Waals surface area contributed by atoms with Gasteiger partial charge >= 0.3 is 0 Å². The van der Waals surface area contributed by atoms with Gasteiger partial charge in [0.15, 0.2) is 0 Å². The van der Waals surface area contributed by atoms with Gasteiger partial charge in [0.05, 0.1) is 17.5 Å². The summed E-state index contributed by atoms with van der Waals surface area (Å²) >= 11 is 2.23. The third-order valence-electron chi connectivity index (χ3n) is 5.94. The van der Waals surface area contributed by atoms with Crippen LogP contribution in [0, 0.1) is 32.7 Å². The first-order valence-corrected chi connectivity index (χ1v) is 8.53. The molecule has 3 fully saturated rings. The molecule has 5 rings (SSSR count). The highest BCUT2D eigenvalue weighted by atomic mass is 127. The number of carbonyl (C=O) groups excluding carboxylic acids is 2. The van der Waals surface area contributed by atoms with Gasteiger partial charge in [0.25, 0.3) is 0 Å². The van der Waals surface area contributed by atoms with Crippen molar-refractivity contribution >= 4 is 40.1 Å². The first kappa shape index (κ1) is 12.4. The normalized spacial score (nSPS) is 37.7. The van der Waals surface area contributed by atoms with E-state index in [0.717, 1.165) is 9.26 Å². The van der Waals surface area contributed by atoms with Crippen LogP contribution in [0.1, 0.15) is 12.8 Å². The minimum absolute atomic E-state index is 0.0225. The first-order chi connectivity index (χ1) is 10.1. The summed E-state index contributed by atoms with van der Waals surface area (Å²) in [6.45, 7) is 0. The fourth-order valence-electron chi connectivity index (χ4n) is 4.92. The van der Waals surface area contributed by atoms with Gasteiger partial charge in [-0.2, -0.15) is 0 Å². The Bertz CT molecular complexity index is 670. The molecule has 1 saturated heterocycles. The Morgan fingerprint density at radius 2 is 1.48 bits per heavy atom. The number of hydrogen-bond acceptors (Lipinski definition) is 2. The molecule has 4 aliphatic rings. The van der Waals surface area contributed by atoms with Crippen LogP contribution in [0.3, 0.4) is 0 Å². The smallest absolute Gasteiger partial charge is 0.238 e. The summed E-state index contributed by atoms with van der Waals surface area (Å²) in [7, 11) is 0. The van der Waals surface area contributed by atoms with Crippen molar-refractivity contribution in [2.24, 2.45) is 29.1 Å². The largest absolute Gasteiger partial charge is 0.274 e. The van der Waals surface area contributed by atoms with Crippen molar-refractivity contribution in [2.75, 3.05) is 4.90 Å². The van der Waals surface area contributed by atoms with E-state index in [2.05, 4.69) is 34.7 Å². The number of rotatable bonds is 1. The second-order valence-electron chi connectivity index (χ2n) is 6.71. The van der Waals surface area contributed by atoms with Gasteiger partial charge in [-0.05, 0) is 76.9 Å². The molecule has 1 spiro atoms. The van der Waals surface area contributed by atoms with E-state index in [1.165, 1.54) is 17.7 Å². The van der Waals surface area contributed by atoms with E-state index in [-0.39, 0.29) is 29.1 Å². The maximum absolute atomic E-state index is 12.9. The molecule has 1 aromatic rings. The maximum Gasteiger partial charge on any atom is 0.238 e. The number of anilines is 1. The van der Waals surface area contributed by atoms with Crippen molar-refractivity contribution in [2.45, 2.75) is 12.8 Å². The number of benzene rings is 1. The van der Waals surface area contributed by atoms with Gasteiger partial charge in [0, 0.05) is 3.57 Å². The van der Waals surface area contributed by atoms with Crippen LogP contribution in [0.5, 0.6) is 0 Å². The van der Waals surface area contributed by atoms with E-state index in [9.17, 15) is 9.59 Å². The molecule has 106 valence electrons. The van der Waals surface area contributed by atoms with Gasteiger partial charge in [-0.1, -0.05) is 12.2 Å². The molecular weight excluding hydrogens is 377 g/mol. The summed E-state index contributed by atoms with van der Waals surface area (Å²) in [4.78, 5) is 27.2. The average Bonchev–Trinajstić information content (AvgIpc) is 3.07. The zero-order valence-electron chi connectivity index (χ0n) is 11.3. The lowest BCUT2D eigenvalue weighted by Crippen LogP contribution is -2.34. The number of amides is 2. The summed E-state index contributed by atoms with van der Waals surface area (Å²) < 4.78 is 1.11. The molecule has 1 aliphatic heterocycles. The highest BCUT2D eigenvalue weighted by Crippen LogP contribution is 2.73. The highest BCUT2D eigenvalue weighted by Gasteiger charge is 2.73. The van der Waals surface area contributed by atoms with Gasteiger partial charge in [-0.25, -0.2) is 0 Å². The van der Waals surface area contributed by atoms with Crippen LogP contribution in [-0.4, -0.2) is 11.8 Å². The minimum atomic E-state index is -0.103. The molecule has 4 atom stereocenters. The molecule has 0 radical (unpaired) electrons. The van der Waals surface area contributed by atoms with Crippen molar-refractivity contribution in [3.05, 3.63) is 40.0 Å². The van der Waals surface area contributed by atoms with Gasteiger partial charge in [0.2, 0.25) is 11.8 Å². The summed E-state index contributed by atoms with van der Waals surface area (Å²) in [6, 6.07) is 7.64. The zero-order valence-corrected chi connectivity index (χ0v) is 13.5. The number of hydrogen-bond donors (Lipinski definition) is 0. The second kappa shape index (κ2) is 3.77. The first-order valence-electron chi connectivity index (χ1n) is 7.45. The van der Waals surface area contributed by atoms with Crippen molar-refractivity contribution in [3.63, 3.8) is 0 Å². The predicted octanol–water partition coefficient (Wildman–Crippen LogP) is 2.99. The van der Waals surface area contributed by atoms with Crippen LogP contribution in [0.4, 0.5) is 5.69 Å².